The van der Waals surface area contributed by atoms with Gasteiger partial charge >= 0.3 is 0 Å². The molecule has 1 aliphatic rings. The van der Waals surface area contributed by atoms with Gasteiger partial charge in [-0.25, -0.2) is 0 Å². The highest BCUT2D eigenvalue weighted by Gasteiger charge is 2.29. The summed E-state index contributed by atoms with van der Waals surface area (Å²) in [4.78, 5) is 0. The van der Waals surface area contributed by atoms with Gasteiger partial charge in [-0.3, -0.25) is 0 Å². The van der Waals surface area contributed by atoms with Crippen LogP contribution in [0.4, 0.5) is 0 Å². The number of hydrogen-bond acceptors (Lipinski definition) is 0. The van der Waals surface area contributed by atoms with Crippen molar-refractivity contribution in [3.8, 4) is 11.3 Å². The number of benzene rings is 2. The summed E-state index contributed by atoms with van der Waals surface area (Å²) in [5.41, 5.74) is 8.70. The quantitative estimate of drug-likeness (QED) is 0.554. The summed E-state index contributed by atoms with van der Waals surface area (Å²) in [5, 5.41) is 1.36. The fourth-order valence-electron chi connectivity index (χ4n) is 4.19. The Hall–Kier alpha value is -2.15. The van der Waals surface area contributed by atoms with Gasteiger partial charge in [-0.2, -0.15) is 4.57 Å². The Morgan fingerprint density at radius 3 is 2.12 bits per heavy atom. The standard InChI is InChI=1S/C23H26N/c1-15(2)19-9-6-10-20(16(3)4)22(19)21-12-11-17-7-5-8-18-13-14-24(21)23(17)18/h5-12,15-16H,13-14H2,1-4H3/q+1. The molecule has 2 heterocycles. The van der Waals surface area contributed by atoms with E-state index in [-0.39, 0.29) is 0 Å². The van der Waals surface area contributed by atoms with Crippen molar-refractivity contribution in [3.63, 3.8) is 0 Å². The van der Waals surface area contributed by atoms with Crippen molar-refractivity contribution in [3.05, 3.63) is 65.2 Å². The molecule has 0 fully saturated rings. The van der Waals surface area contributed by atoms with Crippen LogP contribution in [-0.4, -0.2) is 0 Å². The Morgan fingerprint density at radius 1 is 0.792 bits per heavy atom. The van der Waals surface area contributed by atoms with E-state index in [1.807, 2.05) is 0 Å². The van der Waals surface area contributed by atoms with Crippen LogP contribution in [0.3, 0.4) is 0 Å². The average molecular weight is 316 g/mol. The first-order valence-electron chi connectivity index (χ1n) is 9.15. The number of rotatable bonds is 3. The van der Waals surface area contributed by atoms with Crippen molar-refractivity contribution in [1.82, 2.24) is 0 Å². The Bertz CT molecular complexity index is 892. The molecule has 0 saturated heterocycles. The third-order valence-corrected chi connectivity index (χ3v) is 5.37. The van der Waals surface area contributed by atoms with Crippen molar-refractivity contribution in [2.24, 2.45) is 0 Å². The highest BCUT2D eigenvalue weighted by Crippen LogP contribution is 2.36. The summed E-state index contributed by atoms with van der Waals surface area (Å²) in [6.45, 7) is 10.3. The number of para-hydroxylation sites is 1. The SMILES string of the molecule is CC(C)c1cccc(C(C)C)c1-c1ccc2cccc3c2[n+]1CC3. The third-order valence-electron chi connectivity index (χ3n) is 5.37. The molecule has 0 unspecified atom stereocenters. The second-order valence-electron chi connectivity index (χ2n) is 7.60. The van der Waals surface area contributed by atoms with Crippen LogP contribution in [0.2, 0.25) is 0 Å². The molecule has 0 atom stereocenters. The zero-order chi connectivity index (χ0) is 16.8. The third kappa shape index (κ3) is 2.26. The van der Waals surface area contributed by atoms with E-state index in [1.165, 1.54) is 38.9 Å². The lowest BCUT2D eigenvalue weighted by Crippen LogP contribution is -2.34. The molecule has 0 spiro atoms. The Labute approximate surface area is 145 Å². The van der Waals surface area contributed by atoms with Gasteiger partial charge in [0.25, 0.3) is 0 Å². The Morgan fingerprint density at radius 2 is 1.46 bits per heavy atom. The molecule has 0 saturated carbocycles. The van der Waals surface area contributed by atoms with Gasteiger partial charge in [0, 0.05) is 23.4 Å². The summed E-state index contributed by atoms with van der Waals surface area (Å²) in [6, 6.07) is 18.2. The molecule has 1 aromatic heterocycles. The number of pyridine rings is 1. The van der Waals surface area contributed by atoms with Gasteiger partial charge in [0.1, 0.15) is 0 Å². The van der Waals surface area contributed by atoms with Gasteiger partial charge in [0.2, 0.25) is 11.2 Å². The molecule has 0 radical (unpaired) electrons. The van der Waals surface area contributed by atoms with E-state index in [0.29, 0.717) is 11.8 Å². The van der Waals surface area contributed by atoms with Gasteiger partial charge in [0.15, 0.2) is 6.54 Å². The van der Waals surface area contributed by atoms with E-state index in [2.05, 4.69) is 80.8 Å². The molecule has 4 rings (SSSR count). The van der Waals surface area contributed by atoms with Gasteiger partial charge in [-0.1, -0.05) is 58.0 Å². The normalized spacial score (nSPS) is 13.4. The maximum absolute atomic E-state index is 2.55. The summed E-state index contributed by atoms with van der Waals surface area (Å²) in [5.74, 6) is 1.05. The van der Waals surface area contributed by atoms with Crippen LogP contribution in [0, 0.1) is 0 Å². The first-order chi connectivity index (χ1) is 11.6. The van der Waals surface area contributed by atoms with E-state index < -0.39 is 0 Å². The van der Waals surface area contributed by atoms with Crippen LogP contribution in [0.25, 0.3) is 22.2 Å². The topological polar surface area (TPSA) is 3.88 Å². The Balaban J connectivity index is 2.07. The summed E-state index contributed by atoms with van der Waals surface area (Å²) in [6.07, 6.45) is 1.15. The lowest BCUT2D eigenvalue weighted by atomic mass is 9.86. The second-order valence-corrected chi connectivity index (χ2v) is 7.60. The first-order valence-corrected chi connectivity index (χ1v) is 9.15. The molecule has 0 bridgehead atoms. The van der Waals surface area contributed by atoms with Crippen LogP contribution in [0.15, 0.2) is 48.5 Å². The van der Waals surface area contributed by atoms with E-state index in [9.17, 15) is 0 Å². The van der Waals surface area contributed by atoms with E-state index >= 15 is 0 Å². The predicted molar refractivity (Wildman–Crippen MR) is 101 cm³/mol. The molecule has 122 valence electrons. The summed E-state index contributed by atoms with van der Waals surface area (Å²) >= 11 is 0. The van der Waals surface area contributed by atoms with Crippen molar-refractivity contribution >= 4 is 10.9 Å². The molecule has 24 heavy (non-hydrogen) atoms. The minimum absolute atomic E-state index is 0.527. The van der Waals surface area contributed by atoms with Gasteiger partial charge in [0.05, 0.1) is 5.56 Å². The van der Waals surface area contributed by atoms with E-state index in [0.717, 1.165) is 13.0 Å². The Kier molecular flexibility index (Phi) is 3.68. The van der Waals surface area contributed by atoms with Crippen LogP contribution in [0.1, 0.15) is 56.2 Å². The van der Waals surface area contributed by atoms with E-state index in [1.54, 1.807) is 0 Å². The monoisotopic (exact) mass is 316 g/mol. The molecule has 1 aliphatic heterocycles. The van der Waals surface area contributed by atoms with Crippen LogP contribution in [-0.2, 0) is 13.0 Å². The smallest absolute Gasteiger partial charge is 0.191 e. The van der Waals surface area contributed by atoms with Gasteiger partial charge in [-0.15, -0.1) is 0 Å². The van der Waals surface area contributed by atoms with Gasteiger partial charge in [-0.05, 0) is 35.1 Å². The lowest BCUT2D eigenvalue weighted by Gasteiger charge is -2.18. The fraction of sp³-hybridized carbons (Fsp3) is 0.348. The number of aromatic nitrogens is 1. The lowest BCUT2D eigenvalue weighted by molar-refractivity contribution is -0.653. The highest BCUT2D eigenvalue weighted by molar-refractivity contribution is 5.82. The first kappa shape index (κ1) is 15.4. The van der Waals surface area contributed by atoms with Crippen molar-refractivity contribution in [2.75, 3.05) is 0 Å². The van der Waals surface area contributed by atoms with Crippen LogP contribution < -0.4 is 4.57 Å². The minimum atomic E-state index is 0.527. The molecule has 1 heteroatoms. The summed E-state index contributed by atoms with van der Waals surface area (Å²) in [7, 11) is 0. The number of nitrogens with zero attached hydrogens (tertiary/aromatic N) is 1. The number of hydrogen-bond donors (Lipinski definition) is 0. The maximum atomic E-state index is 2.55. The maximum Gasteiger partial charge on any atom is 0.216 e. The zero-order valence-corrected chi connectivity index (χ0v) is 15.1. The van der Waals surface area contributed by atoms with Crippen molar-refractivity contribution < 1.29 is 4.57 Å². The molecule has 2 aromatic carbocycles. The molecular weight excluding hydrogens is 290 g/mol. The largest absolute Gasteiger partial charge is 0.216 e. The highest BCUT2D eigenvalue weighted by atomic mass is 15.0. The molecule has 0 aliphatic carbocycles. The second kappa shape index (κ2) is 5.73. The average Bonchev–Trinajstić information content (AvgIpc) is 3.00. The molecule has 3 aromatic rings. The van der Waals surface area contributed by atoms with Crippen LogP contribution in [0.5, 0.6) is 0 Å². The fourth-order valence-corrected chi connectivity index (χ4v) is 4.19. The van der Waals surface area contributed by atoms with E-state index in [4.69, 9.17) is 0 Å². The predicted octanol–water partition coefficient (Wildman–Crippen LogP) is 5.60. The zero-order valence-electron chi connectivity index (χ0n) is 15.1. The summed E-state index contributed by atoms with van der Waals surface area (Å²) < 4.78 is 2.55. The molecule has 0 N–H and O–H groups in total. The number of aryl methyl sites for hydroxylation is 2. The molecular formula is C23H26N+. The van der Waals surface area contributed by atoms with Crippen molar-refractivity contribution in [2.45, 2.75) is 52.5 Å². The van der Waals surface area contributed by atoms with Gasteiger partial charge < -0.3 is 0 Å². The van der Waals surface area contributed by atoms with Crippen molar-refractivity contribution in [1.29, 1.82) is 0 Å². The minimum Gasteiger partial charge on any atom is -0.191 e. The molecule has 1 nitrogen and oxygen atoms in total. The van der Waals surface area contributed by atoms with Crippen LogP contribution >= 0.6 is 0 Å². The molecule has 0 amide bonds.